The molecule has 2 rings (SSSR count). The number of fused-ring (bicyclic) bond motifs is 1. The van der Waals surface area contributed by atoms with Crippen LogP contribution >= 0.6 is 22.6 Å². The number of carbonyl (C=O) groups excluding carboxylic acids is 1. The molecule has 0 N–H and O–H groups in total. The molecule has 0 amide bonds. The molecule has 0 aromatic carbocycles. The number of esters is 1. The average Bonchev–Trinajstić information content (AvgIpc) is 2.39. The average molecular weight is 280 g/mol. The summed E-state index contributed by atoms with van der Waals surface area (Å²) in [5.41, 5.74) is 0. The van der Waals surface area contributed by atoms with Gasteiger partial charge in [-0.15, -0.1) is 0 Å². The summed E-state index contributed by atoms with van der Waals surface area (Å²) in [5.74, 6) is 1.24. The first-order chi connectivity index (χ1) is 5.68. The van der Waals surface area contributed by atoms with E-state index in [1.807, 2.05) is 0 Å². The summed E-state index contributed by atoms with van der Waals surface area (Å²) in [6.45, 7) is 2.25. The largest absolute Gasteiger partial charge is 0.461 e. The van der Waals surface area contributed by atoms with Gasteiger partial charge in [-0.3, -0.25) is 4.79 Å². The lowest BCUT2D eigenvalue weighted by molar-refractivity contribution is -0.141. The van der Waals surface area contributed by atoms with Crippen molar-refractivity contribution in [3.05, 3.63) is 0 Å². The summed E-state index contributed by atoms with van der Waals surface area (Å²) < 4.78 is 5.84. The topological polar surface area (TPSA) is 26.3 Å². The monoisotopic (exact) mass is 280 g/mol. The van der Waals surface area contributed by atoms with Crippen molar-refractivity contribution in [2.24, 2.45) is 11.8 Å². The normalized spacial score (nSPS) is 47.0. The smallest absolute Gasteiger partial charge is 0.306 e. The molecule has 0 radical (unpaired) electrons. The van der Waals surface area contributed by atoms with Gasteiger partial charge >= 0.3 is 5.97 Å². The van der Waals surface area contributed by atoms with E-state index in [2.05, 4.69) is 29.5 Å². The Morgan fingerprint density at radius 2 is 2.25 bits per heavy atom. The van der Waals surface area contributed by atoms with Crippen LogP contribution in [0.15, 0.2) is 0 Å². The van der Waals surface area contributed by atoms with Gasteiger partial charge in [-0.1, -0.05) is 29.5 Å². The van der Waals surface area contributed by atoms with Crippen molar-refractivity contribution in [3.63, 3.8) is 0 Å². The van der Waals surface area contributed by atoms with Crippen LogP contribution in [0.1, 0.15) is 26.2 Å². The zero-order valence-electron chi connectivity index (χ0n) is 7.13. The fourth-order valence-corrected chi connectivity index (χ4v) is 3.27. The molecule has 4 atom stereocenters. The quantitative estimate of drug-likeness (QED) is 0.386. The number of halogens is 1. The maximum atomic E-state index is 11.0. The number of hydrogen-bond donors (Lipinski definition) is 0. The molecule has 12 heavy (non-hydrogen) atoms. The van der Waals surface area contributed by atoms with Crippen LogP contribution < -0.4 is 0 Å². The molecule has 2 aliphatic rings. The van der Waals surface area contributed by atoms with Crippen LogP contribution in [-0.2, 0) is 9.53 Å². The summed E-state index contributed by atoms with van der Waals surface area (Å²) in [4.78, 5) is 11.0. The van der Waals surface area contributed by atoms with Gasteiger partial charge < -0.3 is 4.74 Å². The van der Waals surface area contributed by atoms with Crippen LogP contribution in [0.5, 0.6) is 0 Å². The molecule has 1 saturated carbocycles. The molecule has 1 aliphatic carbocycles. The van der Waals surface area contributed by atoms with Crippen molar-refractivity contribution in [2.45, 2.75) is 36.2 Å². The number of carbonyl (C=O) groups is 1. The number of hydrogen-bond acceptors (Lipinski definition) is 2. The van der Waals surface area contributed by atoms with Crippen LogP contribution in [-0.4, -0.2) is 16.0 Å². The molecule has 1 saturated heterocycles. The fourth-order valence-electron chi connectivity index (χ4n) is 2.18. The second-order valence-electron chi connectivity index (χ2n) is 3.92. The van der Waals surface area contributed by atoms with Gasteiger partial charge in [0.2, 0.25) is 0 Å². The van der Waals surface area contributed by atoms with Crippen molar-refractivity contribution in [1.29, 1.82) is 0 Å². The second kappa shape index (κ2) is 3.16. The molecule has 1 heterocycles. The SMILES string of the molecule is C[C@@H]1CC[C@H]2CC(=O)O[C@H]2[C@@H]1I. The summed E-state index contributed by atoms with van der Waals surface area (Å²) in [6, 6.07) is 0. The Hall–Kier alpha value is 0.200. The molecule has 0 unspecified atom stereocenters. The van der Waals surface area contributed by atoms with Crippen LogP contribution in [0.2, 0.25) is 0 Å². The number of ether oxygens (including phenoxy) is 1. The molecular formula is C9H13IO2. The minimum atomic E-state index is 0.0146. The van der Waals surface area contributed by atoms with Crippen molar-refractivity contribution >= 4 is 28.6 Å². The molecule has 0 spiro atoms. The highest BCUT2D eigenvalue weighted by Gasteiger charge is 2.43. The molecular weight excluding hydrogens is 267 g/mol. The lowest BCUT2D eigenvalue weighted by Crippen LogP contribution is -2.36. The van der Waals surface area contributed by atoms with E-state index in [-0.39, 0.29) is 12.1 Å². The highest BCUT2D eigenvalue weighted by molar-refractivity contribution is 14.1. The molecule has 2 nitrogen and oxygen atoms in total. The predicted molar refractivity (Wildman–Crippen MR) is 54.2 cm³/mol. The summed E-state index contributed by atoms with van der Waals surface area (Å²) in [7, 11) is 0. The van der Waals surface area contributed by atoms with Gasteiger partial charge in [0.1, 0.15) is 6.10 Å². The van der Waals surface area contributed by atoms with Gasteiger partial charge in [-0.05, 0) is 18.8 Å². The summed E-state index contributed by atoms with van der Waals surface area (Å²) in [6.07, 6.45) is 3.32. The van der Waals surface area contributed by atoms with E-state index in [0.29, 0.717) is 22.2 Å². The highest BCUT2D eigenvalue weighted by Crippen LogP contribution is 2.41. The Morgan fingerprint density at radius 3 is 3.00 bits per heavy atom. The van der Waals surface area contributed by atoms with Crippen molar-refractivity contribution in [2.75, 3.05) is 0 Å². The Kier molecular flexibility index (Phi) is 2.31. The van der Waals surface area contributed by atoms with E-state index in [1.54, 1.807) is 0 Å². The van der Waals surface area contributed by atoms with Gasteiger partial charge in [0, 0.05) is 5.92 Å². The standard InChI is InChI=1S/C9H13IO2/c1-5-2-3-6-4-7(11)12-9(6)8(5)10/h5-6,8-9H,2-4H2,1H3/t5-,6+,8-,9-/m1/s1. The second-order valence-corrected chi connectivity index (χ2v) is 5.36. The molecule has 3 heteroatoms. The maximum absolute atomic E-state index is 11.0. The van der Waals surface area contributed by atoms with Gasteiger partial charge in [0.15, 0.2) is 0 Å². The lowest BCUT2D eigenvalue weighted by Gasteiger charge is -2.32. The van der Waals surface area contributed by atoms with Gasteiger partial charge in [-0.25, -0.2) is 0 Å². The van der Waals surface area contributed by atoms with Crippen LogP contribution in [0, 0.1) is 11.8 Å². The molecule has 2 fully saturated rings. The minimum absolute atomic E-state index is 0.0146. The van der Waals surface area contributed by atoms with Crippen LogP contribution in [0.4, 0.5) is 0 Å². The fraction of sp³-hybridized carbons (Fsp3) is 0.889. The van der Waals surface area contributed by atoms with Crippen molar-refractivity contribution < 1.29 is 9.53 Å². The Labute approximate surface area is 86.2 Å². The van der Waals surface area contributed by atoms with E-state index in [0.717, 1.165) is 0 Å². The van der Waals surface area contributed by atoms with Crippen molar-refractivity contribution in [1.82, 2.24) is 0 Å². The maximum Gasteiger partial charge on any atom is 0.306 e. The first-order valence-electron chi connectivity index (χ1n) is 4.52. The summed E-state index contributed by atoms with van der Waals surface area (Å²) in [5, 5.41) is 0. The minimum Gasteiger partial charge on any atom is -0.461 e. The van der Waals surface area contributed by atoms with E-state index >= 15 is 0 Å². The van der Waals surface area contributed by atoms with Gasteiger partial charge in [0.25, 0.3) is 0 Å². The van der Waals surface area contributed by atoms with Crippen molar-refractivity contribution in [3.8, 4) is 0 Å². The first kappa shape index (κ1) is 8.78. The van der Waals surface area contributed by atoms with Gasteiger partial charge in [0.05, 0.1) is 10.3 Å². The van der Waals surface area contributed by atoms with Crippen LogP contribution in [0.3, 0.4) is 0 Å². The molecule has 1 aliphatic heterocycles. The first-order valence-corrected chi connectivity index (χ1v) is 5.76. The number of rotatable bonds is 0. The molecule has 68 valence electrons. The predicted octanol–water partition coefficient (Wildman–Crippen LogP) is 2.15. The molecule has 0 bridgehead atoms. The Morgan fingerprint density at radius 1 is 1.50 bits per heavy atom. The lowest BCUT2D eigenvalue weighted by atomic mass is 9.80. The third kappa shape index (κ3) is 1.36. The van der Waals surface area contributed by atoms with Crippen LogP contribution in [0.25, 0.3) is 0 Å². The molecule has 0 aromatic heterocycles. The Bertz CT molecular complexity index is 205. The zero-order chi connectivity index (χ0) is 8.72. The van der Waals surface area contributed by atoms with E-state index < -0.39 is 0 Å². The van der Waals surface area contributed by atoms with E-state index in [4.69, 9.17) is 4.74 Å². The van der Waals surface area contributed by atoms with E-state index in [1.165, 1.54) is 12.8 Å². The summed E-state index contributed by atoms with van der Waals surface area (Å²) >= 11 is 2.43. The van der Waals surface area contributed by atoms with E-state index in [9.17, 15) is 4.79 Å². The highest BCUT2D eigenvalue weighted by atomic mass is 127. The molecule has 0 aromatic rings. The third-order valence-electron chi connectivity index (χ3n) is 3.01. The van der Waals surface area contributed by atoms with Gasteiger partial charge in [-0.2, -0.15) is 0 Å². The Balaban J connectivity index is 2.11. The zero-order valence-corrected chi connectivity index (χ0v) is 9.28. The number of alkyl halides is 1. The third-order valence-corrected chi connectivity index (χ3v) is 4.95.